The van der Waals surface area contributed by atoms with Crippen molar-refractivity contribution in [2.24, 2.45) is 17.6 Å². The van der Waals surface area contributed by atoms with E-state index in [1.54, 1.807) is 0 Å². The first-order valence-electron chi connectivity index (χ1n) is 6.72. The number of Topliss-reactive ketones (excluding diaryl/α,β-unsaturated/α-hetero) is 1. The molecule has 3 atom stereocenters. The van der Waals surface area contributed by atoms with E-state index in [1.807, 2.05) is 25.1 Å². The number of carbonyl (C=O) groups excluding carboxylic acids is 1. The average Bonchev–Trinajstić information content (AvgIpc) is 2.65. The summed E-state index contributed by atoms with van der Waals surface area (Å²) in [4.78, 5) is 12.4. The molecule has 1 aliphatic carbocycles. The molecule has 0 saturated heterocycles. The molecular formula is C15H22N2O. The quantitative estimate of drug-likeness (QED) is 0.802. The lowest BCUT2D eigenvalue weighted by Gasteiger charge is -2.19. The molecule has 0 radical (unpaired) electrons. The fourth-order valence-corrected chi connectivity index (χ4v) is 2.93. The summed E-state index contributed by atoms with van der Waals surface area (Å²) in [7, 11) is 0. The van der Waals surface area contributed by atoms with Crippen LogP contribution in [0.1, 0.15) is 43.9 Å². The number of anilines is 1. The fraction of sp³-hybridized carbons (Fsp3) is 0.533. The van der Waals surface area contributed by atoms with E-state index >= 15 is 0 Å². The molecular weight excluding hydrogens is 224 g/mol. The molecule has 0 saturated carbocycles. The predicted molar refractivity (Wildman–Crippen MR) is 74.1 cm³/mol. The van der Waals surface area contributed by atoms with Crippen molar-refractivity contribution >= 4 is 11.5 Å². The second-order valence-electron chi connectivity index (χ2n) is 5.39. The smallest absolute Gasteiger partial charge is 0.140 e. The monoisotopic (exact) mass is 246 g/mol. The summed E-state index contributed by atoms with van der Waals surface area (Å²) in [6.07, 6.45) is 2.73. The zero-order chi connectivity index (χ0) is 13.3. The van der Waals surface area contributed by atoms with Crippen LogP contribution in [0.5, 0.6) is 0 Å². The second kappa shape index (κ2) is 5.11. The summed E-state index contributed by atoms with van der Waals surface area (Å²) < 4.78 is 0. The van der Waals surface area contributed by atoms with Gasteiger partial charge in [-0.3, -0.25) is 4.79 Å². The SMILES string of the molecule is CCCC(C)C(=O)C1Cc2cc(N)ccc2C1N. The van der Waals surface area contributed by atoms with Crippen LogP contribution in [0.3, 0.4) is 0 Å². The molecule has 0 aromatic heterocycles. The minimum absolute atomic E-state index is 0.0663. The first kappa shape index (κ1) is 13.1. The highest BCUT2D eigenvalue weighted by Crippen LogP contribution is 2.37. The lowest BCUT2D eigenvalue weighted by atomic mass is 9.87. The van der Waals surface area contributed by atoms with Gasteiger partial charge >= 0.3 is 0 Å². The van der Waals surface area contributed by atoms with E-state index in [-0.39, 0.29) is 17.9 Å². The molecule has 0 bridgehead atoms. The Morgan fingerprint density at radius 3 is 2.89 bits per heavy atom. The average molecular weight is 246 g/mol. The third-order valence-electron chi connectivity index (χ3n) is 3.97. The molecule has 0 spiro atoms. The van der Waals surface area contributed by atoms with Gasteiger partial charge in [-0.1, -0.05) is 26.3 Å². The number of benzene rings is 1. The molecule has 0 heterocycles. The Labute approximate surface area is 109 Å². The van der Waals surface area contributed by atoms with E-state index < -0.39 is 0 Å². The van der Waals surface area contributed by atoms with Crippen molar-refractivity contribution in [2.75, 3.05) is 5.73 Å². The molecule has 3 unspecified atom stereocenters. The van der Waals surface area contributed by atoms with Crippen LogP contribution in [-0.2, 0) is 11.2 Å². The van der Waals surface area contributed by atoms with Gasteiger partial charge in [-0.2, -0.15) is 0 Å². The van der Waals surface area contributed by atoms with Crippen molar-refractivity contribution < 1.29 is 4.79 Å². The molecule has 0 aliphatic heterocycles. The highest BCUT2D eigenvalue weighted by atomic mass is 16.1. The normalized spacial score (nSPS) is 23.7. The van der Waals surface area contributed by atoms with Crippen molar-refractivity contribution in [1.29, 1.82) is 0 Å². The van der Waals surface area contributed by atoms with E-state index in [9.17, 15) is 4.79 Å². The summed E-state index contributed by atoms with van der Waals surface area (Å²) in [5.41, 5.74) is 15.0. The maximum Gasteiger partial charge on any atom is 0.140 e. The molecule has 98 valence electrons. The van der Waals surface area contributed by atoms with E-state index in [0.717, 1.165) is 36.1 Å². The van der Waals surface area contributed by atoms with Gasteiger partial charge in [0, 0.05) is 23.6 Å². The molecule has 0 amide bonds. The van der Waals surface area contributed by atoms with Crippen LogP contribution in [0.2, 0.25) is 0 Å². The number of nitrogens with two attached hydrogens (primary N) is 2. The van der Waals surface area contributed by atoms with Crippen LogP contribution in [0.25, 0.3) is 0 Å². The Morgan fingerprint density at radius 2 is 2.22 bits per heavy atom. The predicted octanol–water partition coefficient (Wildman–Crippen LogP) is 2.45. The van der Waals surface area contributed by atoms with E-state index in [4.69, 9.17) is 11.5 Å². The topological polar surface area (TPSA) is 69.1 Å². The van der Waals surface area contributed by atoms with Crippen molar-refractivity contribution in [3.05, 3.63) is 29.3 Å². The van der Waals surface area contributed by atoms with Gasteiger partial charge in [0.25, 0.3) is 0 Å². The van der Waals surface area contributed by atoms with Gasteiger partial charge in [0.2, 0.25) is 0 Å². The van der Waals surface area contributed by atoms with E-state index in [1.165, 1.54) is 0 Å². The van der Waals surface area contributed by atoms with Crippen molar-refractivity contribution in [2.45, 2.75) is 39.2 Å². The van der Waals surface area contributed by atoms with Crippen LogP contribution in [-0.4, -0.2) is 5.78 Å². The van der Waals surface area contributed by atoms with Gasteiger partial charge < -0.3 is 11.5 Å². The Hall–Kier alpha value is -1.35. The number of carbonyl (C=O) groups is 1. The molecule has 3 heteroatoms. The number of fused-ring (bicyclic) bond motifs is 1. The lowest BCUT2D eigenvalue weighted by Crippen LogP contribution is -2.29. The van der Waals surface area contributed by atoms with Crippen LogP contribution >= 0.6 is 0 Å². The number of hydrogen-bond donors (Lipinski definition) is 2. The Morgan fingerprint density at radius 1 is 1.50 bits per heavy atom. The lowest BCUT2D eigenvalue weighted by molar-refractivity contribution is -0.126. The maximum absolute atomic E-state index is 12.4. The largest absolute Gasteiger partial charge is 0.399 e. The molecule has 2 rings (SSSR count). The third kappa shape index (κ3) is 2.27. The Balaban J connectivity index is 2.18. The standard InChI is InChI=1S/C15H22N2O/c1-3-4-9(2)15(18)13-8-10-7-11(16)5-6-12(10)14(13)17/h5-7,9,13-14H,3-4,8,16-17H2,1-2H3. The fourth-order valence-electron chi connectivity index (χ4n) is 2.93. The van der Waals surface area contributed by atoms with Gasteiger partial charge in [-0.05, 0) is 36.1 Å². The summed E-state index contributed by atoms with van der Waals surface area (Å²) in [5, 5.41) is 0. The second-order valence-corrected chi connectivity index (χ2v) is 5.39. The van der Waals surface area contributed by atoms with Crippen LogP contribution in [0, 0.1) is 11.8 Å². The van der Waals surface area contributed by atoms with E-state index in [0.29, 0.717) is 5.78 Å². The number of ketones is 1. The van der Waals surface area contributed by atoms with Crippen molar-refractivity contribution in [3.8, 4) is 0 Å². The first-order valence-corrected chi connectivity index (χ1v) is 6.72. The van der Waals surface area contributed by atoms with Crippen molar-refractivity contribution in [3.63, 3.8) is 0 Å². The van der Waals surface area contributed by atoms with Crippen molar-refractivity contribution in [1.82, 2.24) is 0 Å². The summed E-state index contributed by atoms with van der Waals surface area (Å²) >= 11 is 0. The Bertz CT molecular complexity index is 456. The van der Waals surface area contributed by atoms with Gasteiger partial charge in [0.05, 0.1) is 0 Å². The minimum Gasteiger partial charge on any atom is -0.399 e. The van der Waals surface area contributed by atoms with E-state index in [2.05, 4.69) is 6.92 Å². The third-order valence-corrected chi connectivity index (χ3v) is 3.97. The molecule has 1 aromatic rings. The molecule has 4 N–H and O–H groups in total. The van der Waals surface area contributed by atoms with Crippen LogP contribution < -0.4 is 11.5 Å². The maximum atomic E-state index is 12.4. The number of nitrogen functional groups attached to an aromatic ring is 1. The van der Waals surface area contributed by atoms with Gasteiger partial charge in [0.15, 0.2) is 0 Å². The summed E-state index contributed by atoms with van der Waals surface area (Å²) in [5.74, 6) is 0.347. The van der Waals surface area contributed by atoms with Gasteiger partial charge in [-0.15, -0.1) is 0 Å². The summed E-state index contributed by atoms with van der Waals surface area (Å²) in [6.45, 7) is 4.11. The van der Waals surface area contributed by atoms with Crippen LogP contribution in [0.15, 0.2) is 18.2 Å². The first-order chi connectivity index (χ1) is 8.54. The molecule has 1 aromatic carbocycles. The Kier molecular flexibility index (Phi) is 3.71. The highest BCUT2D eigenvalue weighted by Gasteiger charge is 2.36. The van der Waals surface area contributed by atoms with Crippen LogP contribution in [0.4, 0.5) is 5.69 Å². The molecule has 1 aliphatic rings. The zero-order valence-electron chi connectivity index (χ0n) is 11.1. The molecule has 0 fully saturated rings. The highest BCUT2D eigenvalue weighted by molar-refractivity contribution is 5.85. The molecule has 3 nitrogen and oxygen atoms in total. The minimum atomic E-state index is -0.160. The zero-order valence-corrected chi connectivity index (χ0v) is 11.1. The number of hydrogen-bond acceptors (Lipinski definition) is 3. The number of rotatable bonds is 4. The van der Waals surface area contributed by atoms with Gasteiger partial charge in [0.1, 0.15) is 5.78 Å². The summed E-state index contributed by atoms with van der Waals surface area (Å²) in [6, 6.07) is 5.62. The van der Waals surface area contributed by atoms with Gasteiger partial charge in [-0.25, -0.2) is 0 Å². The molecule has 18 heavy (non-hydrogen) atoms.